The van der Waals surface area contributed by atoms with Gasteiger partial charge in [0, 0.05) is 12.8 Å². The SMILES string of the molecule is CSCC[C@H](NC(=O)CCCCC(=O)N[C@H](CCSC)C(=O)O)C(=O)O. The van der Waals surface area contributed by atoms with Gasteiger partial charge in [0.15, 0.2) is 0 Å². The van der Waals surface area contributed by atoms with E-state index in [0.29, 0.717) is 37.2 Å². The molecule has 0 aliphatic rings. The number of carboxylic acids is 2. The molecule has 0 saturated heterocycles. The summed E-state index contributed by atoms with van der Waals surface area (Å²) in [6.45, 7) is 0. The van der Waals surface area contributed by atoms with Crippen LogP contribution < -0.4 is 10.6 Å². The Morgan fingerprint density at radius 1 is 0.769 bits per heavy atom. The Balaban J connectivity index is 4.08. The van der Waals surface area contributed by atoms with Gasteiger partial charge in [0.2, 0.25) is 11.8 Å². The lowest BCUT2D eigenvalue weighted by molar-refractivity contribution is -0.142. The van der Waals surface area contributed by atoms with Gasteiger partial charge in [0.05, 0.1) is 0 Å². The van der Waals surface area contributed by atoms with E-state index >= 15 is 0 Å². The van der Waals surface area contributed by atoms with E-state index in [0.717, 1.165) is 0 Å². The topological polar surface area (TPSA) is 133 Å². The summed E-state index contributed by atoms with van der Waals surface area (Å²) in [6.07, 6.45) is 5.56. The van der Waals surface area contributed by atoms with Gasteiger partial charge >= 0.3 is 11.9 Å². The molecule has 0 bridgehead atoms. The second-order valence-electron chi connectivity index (χ2n) is 5.69. The zero-order chi connectivity index (χ0) is 19.9. The van der Waals surface area contributed by atoms with E-state index in [4.69, 9.17) is 10.2 Å². The van der Waals surface area contributed by atoms with Crippen molar-refractivity contribution in [3.8, 4) is 0 Å². The van der Waals surface area contributed by atoms with Crippen LogP contribution in [0.5, 0.6) is 0 Å². The Kier molecular flexibility index (Phi) is 13.9. The van der Waals surface area contributed by atoms with Crippen LogP contribution >= 0.6 is 23.5 Å². The van der Waals surface area contributed by atoms with E-state index in [9.17, 15) is 19.2 Å². The van der Waals surface area contributed by atoms with E-state index in [2.05, 4.69) is 10.6 Å². The van der Waals surface area contributed by atoms with Crippen molar-refractivity contribution in [3.63, 3.8) is 0 Å². The van der Waals surface area contributed by atoms with Crippen molar-refractivity contribution in [2.45, 2.75) is 50.6 Å². The van der Waals surface area contributed by atoms with E-state index in [1.807, 2.05) is 12.5 Å². The molecular weight excluding hydrogens is 380 g/mol. The number of carbonyl (C=O) groups is 4. The quantitative estimate of drug-likeness (QED) is 0.297. The molecule has 10 heteroatoms. The zero-order valence-electron chi connectivity index (χ0n) is 15.2. The number of carboxylic acid groups (broad SMARTS) is 2. The second-order valence-corrected chi connectivity index (χ2v) is 7.66. The van der Waals surface area contributed by atoms with Crippen molar-refractivity contribution < 1.29 is 29.4 Å². The predicted octanol–water partition coefficient (Wildman–Crippen LogP) is 1.19. The van der Waals surface area contributed by atoms with Gasteiger partial charge < -0.3 is 20.8 Å². The number of carbonyl (C=O) groups excluding carboxylic acids is 2. The molecule has 26 heavy (non-hydrogen) atoms. The number of hydrogen-bond acceptors (Lipinski definition) is 6. The first-order valence-electron chi connectivity index (χ1n) is 8.34. The highest BCUT2D eigenvalue weighted by Gasteiger charge is 2.20. The molecule has 0 heterocycles. The molecule has 0 saturated carbocycles. The number of hydrogen-bond donors (Lipinski definition) is 4. The molecule has 0 aromatic carbocycles. The third-order valence-corrected chi connectivity index (χ3v) is 4.83. The summed E-state index contributed by atoms with van der Waals surface area (Å²) in [7, 11) is 0. The molecule has 0 unspecified atom stereocenters. The highest BCUT2D eigenvalue weighted by atomic mass is 32.2. The maximum absolute atomic E-state index is 11.8. The van der Waals surface area contributed by atoms with Crippen molar-refractivity contribution in [2.75, 3.05) is 24.0 Å². The molecule has 0 radical (unpaired) electrons. The molecule has 2 amide bonds. The van der Waals surface area contributed by atoms with E-state index in [1.54, 1.807) is 0 Å². The third kappa shape index (κ3) is 12.0. The molecule has 0 aromatic heterocycles. The first kappa shape index (κ1) is 24.6. The van der Waals surface area contributed by atoms with Crippen molar-refractivity contribution in [2.24, 2.45) is 0 Å². The van der Waals surface area contributed by atoms with Crippen molar-refractivity contribution in [1.82, 2.24) is 10.6 Å². The summed E-state index contributed by atoms with van der Waals surface area (Å²) >= 11 is 3.02. The molecular formula is C16H28N2O6S2. The molecule has 0 aliphatic heterocycles. The molecule has 0 spiro atoms. The van der Waals surface area contributed by atoms with Crippen LogP contribution in [-0.2, 0) is 19.2 Å². The van der Waals surface area contributed by atoms with Crippen molar-refractivity contribution >= 4 is 47.3 Å². The number of aliphatic carboxylic acids is 2. The number of nitrogens with one attached hydrogen (secondary N) is 2. The fraction of sp³-hybridized carbons (Fsp3) is 0.750. The average Bonchev–Trinajstić information content (AvgIpc) is 2.58. The van der Waals surface area contributed by atoms with Crippen LogP contribution in [-0.4, -0.2) is 70.1 Å². The molecule has 0 aliphatic carbocycles. The summed E-state index contributed by atoms with van der Waals surface area (Å²) in [5, 5.41) is 23.1. The molecule has 8 nitrogen and oxygen atoms in total. The third-order valence-electron chi connectivity index (χ3n) is 3.55. The van der Waals surface area contributed by atoms with Crippen LogP contribution in [0.2, 0.25) is 0 Å². The first-order chi connectivity index (χ1) is 12.3. The summed E-state index contributed by atoms with van der Waals surface area (Å²) in [5.74, 6) is -1.56. The Labute approximate surface area is 162 Å². The van der Waals surface area contributed by atoms with Crippen LogP contribution in [0.15, 0.2) is 0 Å². The zero-order valence-corrected chi connectivity index (χ0v) is 16.8. The van der Waals surface area contributed by atoms with Crippen LogP contribution in [0.4, 0.5) is 0 Å². The van der Waals surface area contributed by atoms with Gasteiger partial charge in [-0.2, -0.15) is 23.5 Å². The Morgan fingerprint density at radius 3 is 1.38 bits per heavy atom. The monoisotopic (exact) mass is 408 g/mol. The van der Waals surface area contributed by atoms with Gasteiger partial charge in [-0.1, -0.05) is 0 Å². The van der Waals surface area contributed by atoms with E-state index in [-0.39, 0.29) is 24.7 Å². The fourth-order valence-electron chi connectivity index (χ4n) is 2.09. The molecule has 0 fully saturated rings. The molecule has 0 aromatic rings. The maximum Gasteiger partial charge on any atom is 0.326 e. The maximum atomic E-state index is 11.8. The number of thioether (sulfide) groups is 2. The van der Waals surface area contributed by atoms with Gasteiger partial charge in [0.1, 0.15) is 12.1 Å². The number of unbranched alkanes of at least 4 members (excludes halogenated alkanes) is 1. The summed E-state index contributed by atoms with van der Waals surface area (Å²) in [6, 6.07) is -1.79. The minimum absolute atomic E-state index is 0.130. The average molecular weight is 409 g/mol. The predicted molar refractivity (Wildman–Crippen MR) is 104 cm³/mol. The number of amides is 2. The number of rotatable bonds is 15. The molecule has 4 N–H and O–H groups in total. The van der Waals surface area contributed by atoms with Crippen LogP contribution in [0.1, 0.15) is 38.5 Å². The lowest BCUT2D eigenvalue weighted by Gasteiger charge is -2.14. The van der Waals surface area contributed by atoms with Gasteiger partial charge in [0.25, 0.3) is 0 Å². The van der Waals surface area contributed by atoms with Crippen molar-refractivity contribution in [3.05, 3.63) is 0 Å². The first-order valence-corrected chi connectivity index (χ1v) is 11.1. The second kappa shape index (κ2) is 14.7. The Morgan fingerprint density at radius 2 is 1.12 bits per heavy atom. The van der Waals surface area contributed by atoms with Crippen LogP contribution in [0.3, 0.4) is 0 Å². The van der Waals surface area contributed by atoms with Gasteiger partial charge in [-0.3, -0.25) is 9.59 Å². The standard InChI is InChI=1S/C16H28N2O6S2/c1-25-9-7-11(15(21)22)17-13(19)5-3-4-6-14(20)18-12(16(23)24)8-10-26-2/h11-12H,3-10H2,1-2H3,(H,17,19)(H,18,20)(H,21,22)(H,23,24)/t11-,12+. The highest BCUT2D eigenvalue weighted by Crippen LogP contribution is 2.05. The summed E-state index contributed by atoms with van der Waals surface area (Å²) in [5.41, 5.74) is 0. The summed E-state index contributed by atoms with van der Waals surface area (Å²) < 4.78 is 0. The minimum Gasteiger partial charge on any atom is -0.480 e. The fourth-order valence-corrected chi connectivity index (χ4v) is 3.03. The van der Waals surface area contributed by atoms with Crippen LogP contribution in [0.25, 0.3) is 0 Å². The normalized spacial score (nSPS) is 12.8. The smallest absolute Gasteiger partial charge is 0.326 e. The van der Waals surface area contributed by atoms with Gasteiger partial charge in [-0.15, -0.1) is 0 Å². The Bertz CT molecular complexity index is 434. The summed E-state index contributed by atoms with van der Waals surface area (Å²) in [4.78, 5) is 45.7. The van der Waals surface area contributed by atoms with Crippen molar-refractivity contribution in [1.29, 1.82) is 0 Å². The van der Waals surface area contributed by atoms with E-state index < -0.39 is 24.0 Å². The molecule has 150 valence electrons. The highest BCUT2D eigenvalue weighted by molar-refractivity contribution is 7.98. The lowest BCUT2D eigenvalue weighted by Crippen LogP contribution is -2.41. The lowest BCUT2D eigenvalue weighted by atomic mass is 10.1. The van der Waals surface area contributed by atoms with Gasteiger partial charge in [-0.25, -0.2) is 9.59 Å². The Hall–Kier alpha value is -1.42. The minimum atomic E-state index is -1.06. The van der Waals surface area contributed by atoms with Crippen LogP contribution in [0, 0.1) is 0 Å². The van der Waals surface area contributed by atoms with E-state index in [1.165, 1.54) is 23.5 Å². The van der Waals surface area contributed by atoms with Gasteiger partial charge in [-0.05, 0) is 49.7 Å². The molecule has 0 rings (SSSR count). The molecule has 2 atom stereocenters. The largest absolute Gasteiger partial charge is 0.480 e.